The van der Waals surface area contributed by atoms with Crippen molar-refractivity contribution in [3.63, 3.8) is 0 Å². The highest BCUT2D eigenvalue weighted by atomic mass is 16.5. The van der Waals surface area contributed by atoms with Crippen LogP contribution in [0, 0.1) is 11.3 Å². The zero-order valence-electron chi connectivity index (χ0n) is 10.6. The highest BCUT2D eigenvalue weighted by Crippen LogP contribution is 2.42. The Morgan fingerprint density at radius 2 is 1.76 bits per heavy atom. The smallest absolute Gasteiger partial charge is 0.203 e. The molecule has 1 aromatic rings. The molecule has 92 valence electrons. The fourth-order valence-electron chi connectivity index (χ4n) is 1.78. The van der Waals surface area contributed by atoms with Gasteiger partial charge < -0.3 is 14.2 Å². The minimum atomic E-state index is -0.204. The molecular formula is C13H17NO3. The molecular weight excluding hydrogens is 218 g/mol. The first-order chi connectivity index (χ1) is 8.23. The molecule has 1 atom stereocenters. The number of nitrogens with zero attached hydrogens (tertiary/aromatic N) is 1. The van der Waals surface area contributed by atoms with E-state index < -0.39 is 0 Å². The second kappa shape index (κ2) is 6.00. The molecule has 1 rings (SSSR count). The summed E-state index contributed by atoms with van der Waals surface area (Å²) >= 11 is 0. The van der Waals surface area contributed by atoms with Crippen LogP contribution in [0.5, 0.6) is 17.2 Å². The molecule has 0 saturated carbocycles. The maximum absolute atomic E-state index is 9.11. The van der Waals surface area contributed by atoms with Crippen LogP contribution in [0.4, 0.5) is 0 Å². The Kier molecular flexibility index (Phi) is 4.65. The van der Waals surface area contributed by atoms with E-state index in [9.17, 15) is 0 Å². The molecule has 0 fully saturated rings. The largest absolute Gasteiger partial charge is 0.493 e. The van der Waals surface area contributed by atoms with Crippen LogP contribution < -0.4 is 14.2 Å². The minimum Gasteiger partial charge on any atom is -0.493 e. The van der Waals surface area contributed by atoms with Crippen LogP contribution in [0.25, 0.3) is 0 Å². The van der Waals surface area contributed by atoms with Crippen molar-refractivity contribution >= 4 is 0 Å². The lowest BCUT2D eigenvalue weighted by Gasteiger charge is -2.17. The average molecular weight is 235 g/mol. The number of rotatable bonds is 5. The van der Waals surface area contributed by atoms with Crippen LogP contribution in [-0.2, 0) is 0 Å². The summed E-state index contributed by atoms with van der Waals surface area (Å²) in [6.07, 6.45) is 0.725. The third-order valence-electron chi connectivity index (χ3n) is 2.67. The van der Waals surface area contributed by atoms with Crippen LogP contribution in [0.1, 0.15) is 24.8 Å². The lowest BCUT2D eigenvalue weighted by molar-refractivity contribution is 0.321. The Morgan fingerprint density at radius 3 is 2.18 bits per heavy atom. The van der Waals surface area contributed by atoms with E-state index in [1.807, 2.05) is 13.0 Å². The molecule has 0 aliphatic carbocycles. The van der Waals surface area contributed by atoms with E-state index in [1.165, 1.54) is 0 Å². The van der Waals surface area contributed by atoms with Crippen molar-refractivity contribution in [2.45, 2.75) is 19.3 Å². The summed E-state index contributed by atoms with van der Waals surface area (Å²) in [6, 6.07) is 5.89. The van der Waals surface area contributed by atoms with Gasteiger partial charge in [0.05, 0.1) is 33.3 Å². The molecule has 1 aromatic carbocycles. The maximum Gasteiger partial charge on any atom is 0.203 e. The Bertz CT molecular complexity index is 423. The summed E-state index contributed by atoms with van der Waals surface area (Å²) in [4.78, 5) is 0. The van der Waals surface area contributed by atoms with Gasteiger partial charge in [-0.2, -0.15) is 5.26 Å². The van der Waals surface area contributed by atoms with Crippen molar-refractivity contribution in [3.05, 3.63) is 17.7 Å². The number of benzene rings is 1. The van der Waals surface area contributed by atoms with Gasteiger partial charge in [0.2, 0.25) is 5.75 Å². The van der Waals surface area contributed by atoms with Gasteiger partial charge in [-0.05, 0) is 12.5 Å². The first-order valence-electron chi connectivity index (χ1n) is 5.41. The molecule has 0 aromatic heterocycles. The van der Waals surface area contributed by atoms with E-state index in [1.54, 1.807) is 27.4 Å². The Labute approximate surface area is 102 Å². The normalized spacial score (nSPS) is 11.5. The van der Waals surface area contributed by atoms with Crippen molar-refractivity contribution in [1.82, 2.24) is 0 Å². The summed E-state index contributed by atoms with van der Waals surface area (Å²) in [5.41, 5.74) is 0.829. The average Bonchev–Trinajstić information content (AvgIpc) is 2.39. The highest BCUT2D eigenvalue weighted by molar-refractivity contribution is 5.57. The predicted molar refractivity (Wildman–Crippen MR) is 64.7 cm³/mol. The molecule has 0 bridgehead atoms. The summed E-state index contributed by atoms with van der Waals surface area (Å²) in [6.45, 7) is 1.96. The van der Waals surface area contributed by atoms with Crippen LogP contribution in [0.15, 0.2) is 12.1 Å². The first-order valence-corrected chi connectivity index (χ1v) is 5.41. The van der Waals surface area contributed by atoms with Crippen LogP contribution in [-0.4, -0.2) is 21.3 Å². The van der Waals surface area contributed by atoms with E-state index in [4.69, 9.17) is 19.5 Å². The molecule has 0 N–H and O–H groups in total. The fourth-order valence-corrected chi connectivity index (χ4v) is 1.78. The molecule has 0 amide bonds. The van der Waals surface area contributed by atoms with Crippen molar-refractivity contribution in [1.29, 1.82) is 5.26 Å². The van der Waals surface area contributed by atoms with Crippen molar-refractivity contribution < 1.29 is 14.2 Å². The van der Waals surface area contributed by atoms with E-state index in [0.717, 1.165) is 12.0 Å². The van der Waals surface area contributed by atoms with E-state index in [0.29, 0.717) is 17.2 Å². The number of methoxy groups -OCH3 is 3. The second-order valence-electron chi connectivity index (χ2n) is 3.51. The van der Waals surface area contributed by atoms with Gasteiger partial charge in [-0.1, -0.05) is 13.0 Å². The minimum absolute atomic E-state index is 0.204. The van der Waals surface area contributed by atoms with Gasteiger partial charge in [0.1, 0.15) is 0 Å². The monoisotopic (exact) mass is 235 g/mol. The van der Waals surface area contributed by atoms with Crippen molar-refractivity contribution in [3.8, 4) is 23.3 Å². The highest BCUT2D eigenvalue weighted by Gasteiger charge is 2.20. The van der Waals surface area contributed by atoms with Gasteiger partial charge in [0, 0.05) is 5.56 Å². The van der Waals surface area contributed by atoms with Crippen LogP contribution in [0.3, 0.4) is 0 Å². The van der Waals surface area contributed by atoms with Gasteiger partial charge in [0.25, 0.3) is 0 Å². The number of hydrogen-bond acceptors (Lipinski definition) is 4. The Morgan fingerprint density at radius 1 is 1.12 bits per heavy atom. The maximum atomic E-state index is 9.11. The van der Waals surface area contributed by atoms with Crippen LogP contribution in [0.2, 0.25) is 0 Å². The molecule has 0 spiro atoms. The van der Waals surface area contributed by atoms with E-state index >= 15 is 0 Å². The molecule has 0 aliphatic rings. The van der Waals surface area contributed by atoms with Gasteiger partial charge >= 0.3 is 0 Å². The molecule has 1 unspecified atom stereocenters. The Hall–Kier alpha value is -1.89. The number of hydrogen-bond donors (Lipinski definition) is 0. The zero-order valence-corrected chi connectivity index (χ0v) is 10.6. The molecule has 0 aliphatic heterocycles. The predicted octanol–water partition coefficient (Wildman–Crippen LogP) is 2.73. The summed E-state index contributed by atoms with van der Waals surface area (Å²) in [5.74, 6) is 1.49. The topological polar surface area (TPSA) is 51.5 Å². The zero-order chi connectivity index (χ0) is 12.8. The summed E-state index contributed by atoms with van der Waals surface area (Å²) in [5, 5.41) is 9.11. The van der Waals surface area contributed by atoms with Gasteiger partial charge in [0.15, 0.2) is 11.5 Å². The summed E-state index contributed by atoms with van der Waals surface area (Å²) in [7, 11) is 4.68. The summed E-state index contributed by atoms with van der Waals surface area (Å²) < 4.78 is 15.8. The first kappa shape index (κ1) is 13.2. The molecule has 0 saturated heterocycles. The molecule has 4 heteroatoms. The lowest BCUT2D eigenvalue weighted by Crippen LogP contribution is -2.02. The van der Waals surface area contributed by atoms with Crippen molar-refractivity contribution in [2.24, 2.45) is 0 Å². The molecule has 4 nitrogen and oxygen atoms in total. The number of ether oxygens (including phenoxy) is 3. The third-order valence-corrected chi connectivity index (χ3v) is 2.67. The van der Waals surface area contributed by atoms with E-state index in [-0.39, 0.29) is 5.92 Å². The van der Waals surface area contributed by atoms with Gasteiger partial charge in [-0.3, -0.25) is 0 Å². The van der Waals surface area contributed by atoms with Gasteiger partial charge in [-0.15, -0.1) is 0 Å². The molecule has 17 heavy (non-hydrogen) atoms. The fraction of sp³-hybridized carbons (Fsp3) is 0.462. The van der Waals surface area contributed by atoms with Gasteiger partial charge in [-0.25, -0.2) is 0 Å². The number of nitriles is 1. The lowest BCUT2D eigenvalue weighted by atomic mass is 9.96. The SMILES string of the molecule is CCC(C#N)c1ccc(OC)c(OC)c1OC. The molecule has 0 radical (unpaired) electrons. The quantitative estimate of drug-likeness (QED) is 0.787. The van der Waals surface area contributed by atoms with Crippen LogP contribution >= 0.6 is 0 Å². The van der Waals surface area contributed by atoms with Crippen molar-refractivity contribution in [2.75, 3.05) is 21.3 Å². The standard InChI is InChI=1S/C13H17NO3/c1-5-9(8-14)10-6-7-11(15-2)13(17-4)12(10)16-3/h6-7,9H,5H2,1-4H3. The Balaban J connectivity index is 3.38. The third kappa shape index (κ3) is 2.44. The molecule has 0 heterocycles. The van der Waals surface area contributed by atoms with E-state index in [2.05, 4.69) is 6.07 Å². The second-order valence-corrected chi connectivity index (χ2v) is 3.51.